The number of nitrogens with one attached hydrogen (secondary N) is 2. The van der Waals surface area contributed by atoms with Crippen molar-refractivity contribution in [1.29, 1.82) is 5.41 Å². The Morgan fingerprint density at radius 2 is 2.11 bits per heavy atom. The van der Waals surface area contributed by atoms with Crippen LogP contribution in [0, 0.1) is 5.41 Å². The van der Waals surface area contributed by atoms with Crippen molar-refractivity contribution in [2.45, 2.75) is 13.0 Å². The van der Waals surface area contributed by atoms with Crippen LogP contribution in [-0.2, 0) is 22.0 Å². The average molecular weight is 391 g/mol. The van der Waals surface area contributed by atoms with Gasteiger partial charge in [0.2, 0.25) is 0 Å². The van der Waals surface area contributed by atoms with E-state index in [9.17, 15) is 0 Å². The molecule has 2 heterocycles. The summed E-state index contributed by atoms with van der Waals surface area (Å²) < 4.78 is 14.6. The summed E-state index contributed by atoms with van der Waals surface area (Å²) in [6.07, 6.45) is 7.05. The molecule has 146 valence electrons. The van der Waals surface area contributed by atoms with Gasteiger partial charge in [0.1, 0.15) is 12.7 Å². The van der Waals surface area contributed by atoms with E-state index in [1.165, 1.54) is 16.5 Å². The molecule has 0 radical (unpaired) electrons. The number of benzene rings is 1. The first kappa shape index (κ1) is 21.0. The molecule has 10 heteroatoms. The average Bonchev–Trinajstić information content (AvgIpc) is 3.31. The molecule has 4 N–H and O–H groups in total. The minimum atomic E-state index is -0.972. The number of nitrogens with zero attached hydrogens (tertiary/aromatic N) is 4. The smallest absolute Gasteiger partial charge is 0.257 e. The maximum atomic E-state index is 5.86. The van der Waals surface area contributed by atoms with E-state index in [0.29, 0.717) is 0 Å². The molecular weight excluding hydrogens is 365 g/mol. The van der Waals surface area contributed by atoms with Crippen LogP contribution < -0.4 is 5.73 Å². The van der Waals surface area contributed by atoms with Crippen LogP contribution in [0.25, 0.3) is 10.9 Å². The van der Waals surface area contributed by atoms with Gasteiger partial charge < -0.3 is 19.8 Å². The first-order valence-electron chi connectivity index (χ1n) is 8.34. The fourth-order valence-corrected chi connectivity index (χ4v) is 3.72. The second-order valence-corrected chi connectivity index (χ2v) is 7.58. The highest BCUT2D eigenvalue weighted by molar-refractivity contribution is 7.44. The fraction of sp³-hybridized carbons (Fsp3) is 0.353. The molecule has 0 spiro atoms. The SMILES string of the molecule is COP(OC)N(C)CCc1c[nH]c2ccc(Cn3cncn3)cc12.N=CN. The van der Waals surface area contributed by atoms with Gasteiger partial charge >= 0.3 is 0 Å². The second-order valence-electron chi connectivity index (χ2n) is 5.69. The van der Waals surface area contributed by atoms with E-state index in [4.69, 9.17) is 14.5 Å². The lowest BCUT2D eigenvalue weighted by Gasteiger charge is -2.22. The van der Waals surface area contributed by atoms with Gasteiger partial charge in [0, 0.05) is 37.9 Å². The van der Waals surface area contributed by atoms with Crippen LogP contribution in [0.4, 0.5) is 0 Å². The minimum Gasteiger partial charge on any atom is -0.390 e. The van der Waals surface area contributed by atoms with Crippen molar-refractivity contribution in [3.63, 3.8) is 0 Å². The maximum Gasteiger partial charge on any atom is 0.257 e. The van der Waals surface area contributed by atoms with Gasteiger partial charge in [-0.25, -0.2) is 14.3 Å². The Hall–Kier alpha value is -2.32. The largest absolute Gasteiger partial charge is 0.390 e. The Balaban J connectivity index is 0.000000817. The summed E-state index contributed by atoms with van der Waals surface area (Å²) in [7, 11) is 4.39. The molecule has 27 heavy (non-hydrogen) atoms. The monoisotopic (exact) mass is 391 g/mol. The lowest BCUT2D eigenvalue weighted by Crippen LogP contribution is -2.17. The zero-order chi connectivity index (χ0) is 19.6. The summed E-state index contributed by atoms with van der Waals surface area (Å²) in [6.45, 7) is 1.59. The van der Waals surface area contributed by atoms with Crippen LogP contribution in [0.3, 0.4) is 0 Å². The van der Waals surface area contributed by atoms with E-state index in [1.807, 2.05) is 11.7 Å². The van der Waals surface area contributed by atoms with Crippen LogP contribution >= 0.6 is 8.53 Å². The predicted octanol–water partition coefficient (Wildman–Crippen LogP) is 2.35. The van der Waals surface area contributed by atoms with E-state index in [1.54, 1.807) is 26.9 Å². The van der Waals surface area contributed by atoms with Crippen LogP contribution in [0.2, 0.25) is 0 Å². The summed E-state index contributed by atoms with van der Waals surface area (Å²) in [5.74, 6) is 0. The van der Waals surface area contributed by atoms with E-state index >= 15 is 0 Å². The lowest BCUT2D eigenvalue weighted by atomic mass is 10.1. The van der Waals surface area contributed by atoms with E-state index in [-0.39, 0.29) is 0 Å². The van der Waals surface area contributed by atoms with Gasteiger partial charge in [-0.1, -0.05) is 6.07 Å². The van der Waals surface area contributed by atoms with Crippen LogP contribution in [0.5, 0.6) is 0 Å². The Labute approximate surface area is 160 Å². The molecule has 0 bridgehead atoms. The molecule has 9 nitrogen and oxygen atoms in total. The molecule has 2 aromatic heterocycles. The molecule has 1 aromatic carbocycles. The number of hydrogen-bond donors (Lipinski definition) is 3. The summed E-state index contributed by atoms with van der Waals surface area (Å²) in [5.41, 5.74) is 8.04. The Morgan fingerprint density at radius 1 is 1.37 bits per heavy atom. The quantitative estimate of drug-likeness (QED) is 0.308. The minimum absolute atomic E-state index is 0.721. The molecule has 0 aliphatic carbocycles. The van der Waals surface area contributed by atoms with E-state index in [2.05, 4.69) is 49.9 Å². The fourth-order valence-electron chi connectivity index (χ4n) is 2.75. The highest BCUT2D eigenvalue weighted by Crippen LogP contribution is 2.39. The molecule has 0 saturated heterocycles. The summed E-state index contributed by atoms with van der Waals surface area (Å²) in [4.78, 5) is 7.33. The number of H-pyrrole nitrogens is 1. The molecule has 0 amide bonds. The van der Waals surface area contributed by atoms with Crippen molar-refractivity contribution in [2.75, 3.05) is 27.8 Å². The number of fused-ring (bicyclic) bond motifs is 1. The third kappa shape index (κ3) is 5.83. The normalized spacial score (nSPS) is 11.0. The second kappa shape index (κ2) is 10.7. The van der Waals surface area contributed by atoms with Crippen LogP contribution in [0.1, 0.15) is 11.1 Å². The van der Waals surface area contributed by atoms with Crippen LogP contribution in [0.15, 0.2) is 37.1 Å². The standard InChI is InChI=1S/C16H22N5O2P.CH4N2/c1-20(24(22-2)23-3)7-6-14-9-18-16-5-4-13(8-15(14)16)10-21-12-17-11-19-21;2-1-3/h4-5,8-9,11-12,18H,6-7,10H2,1-3H3;1H,(H3,2,3). The Bertz CT molecular complexity index is 818. The predicted molar refractivity (Wildman–Crippen MR) is 108 cm³/mol. The summed E-state index contributed by atoms with van der Waals surface area (Å²) in [6, 6.07) is 6.45. The maximum absolute atomic E-state index is 5.86. The molecule has 0 aliphatic rings. The van der Waals surface area contributed by atoms with Crippen LogP contribution in [-0.4, -0.2) is 58.6 Å². The number of likely N-dealkylation sites (N-methyl/N-ethyl adjacent to an activating group) is 1. The summed E-state index contributed by atoms with van der Waals surface area (Å²) >= 11 is 0. The number of aromatic amines is 1. The van der Waals surface area contributed by atoms with E-state index in [0.717, 1.165) is 31.4 Å². The molecule has 0 unspecified atom stereocenters. The number of hydrogen-bond acceptors (Lipinski definition) is 6. The number of nitrogens with two attached hydrogens (primary N) is 1. The molecular formula is C17H26N7O2P. The summed E-state index contributed by atoms with van der Waals surface area (Å²) in [5, 5.41) is 11.3. The van der Waals surface area contributed by atoms with E-state index < -0.39 is 8.53 Å². The number of aromatic nitrogens is 4. The van der Waals surface area contributed by atoms with Gasteiger partial charge in [-0.05, 0) is 36.7 Å². The van der Waals surface area contributed by atoms with Gasteiger partial charge in [-0.15, -0.1) is 0 Å². The molecule has 0 saturated carbocycles. The highest BCUT2D eigenvalue weighted by atomic mass is 31.2. The molecule has 0 atom stereocenters. The van der Waals surface area contributed by atoms with Crippen molar-refractivity contribution < 1.29 is 9.05 Å². The molecule has 3 rings (SSSR count). The highest BCUT2D eigenvalue weighted by Gasteiger charge is 2.15. The van der Waals surface area contributed by atoms with Crippen molar-refractivity contribution in [3.8, 4) is 0 Å². The van der Waals surface area contributed by atoms with Crippen molar-refractivity contribution in [1.82, 2.24) is 24.4 Å². The molecule has 0 fully saturated rings. The first-order chi connectivity index (χ1) is 13.1. The van der Waals surface area contributed by atoms with Gasteiger partial charge in [0.25, 0.3) is 8.53 Å². The topological polar surface area (TPSA) is 118 Å². The first-order valence-corrected chi connectivity index (χ1v) is 9.47. The lowest BCUT2D eigenvalue weighted by molar-refractivity contribution is 0.285. The molecule has 3 aromatic rings. The molecule has 0 aliphatic heterocycles. The van der Waals surface area contributed by atoms with Crippen molar-refractivity contribution in [3.05, 3.63) is 48.2 Å². The van der Waals surface area contributed by atoms with Gasteiger partial charge in [-0.2, -0.15) is 5.10 Å². The number of rotatable bonds is 8. The van der Waals surface area contributed by atoms with Gasteiger partial charge in [0.15, 0.2) is 0 Å². The van der Waals surface area contributed by atoms with Gasteiger partial charge in [0.05, 0.1) is 12.9 Å². The third-order valence-electron chi connectivity index (χ3n) is 3.94. The Kier molecular flexibility index (Phi) is 8.35. The zero-order valence-corrected chi connectivity index (χ0v) is 16.7. The van der Waals surface area contributed by atoms with Crippen molar-refractivity contribution in [2.24, 2.45) is 5.73 Å². The zero-order valence-electron chi connectivity index (χ0n) is 15.8. The third-order valence-corrected chi connectivity index (χ3v) is 5.32. The van der Waals surface area contributed by atoms with Gasteiger partial charge in [-0.3, -0.25) is 5.41 Å². The Morgan fingerprint density at radius 3 is 2.74 bits per heavy atom. The van der Waals surface area contributed by atoms with Crippen molar-refractivity contribution >= 4 is 25.8 Å².